The normalized spacial score (nSPS) is 21.7. The highest BCUT2D eigenvalue weighted by molar-refractivity contribution is 7.09. The van der Waals surface area contributed by atoms with Crippen molar-refractivity contribution < 1.29 is 14.4 Å². The Kier molecular flexibility index (Phi) is 4.51. The maximum atomic E-state index is 13.1. The number of benzene rings is 1. The van der Waals surface area contributed by atoms with Crippen molar-refractivity contribution in [1.29, 1.82) is 0 Å². The lowest BCUT2D eigenvalue weighted by molar-refractivity contribution is -0.136. The molecule has 2 saturated heterocycles. The lowest BCUT2D eigenvalue weighted by Gasteiger charge is -2.29. The zero-order chi connectivity index (χ0) is 20.0. The van der Waals surface area contributed by atoms with Gasteiger partial charge in [0.05, 0.1) is 0 Å². The number of hydrogen-bond acceptors (Lipinski definition) is 8. The first kappa shape index (κ1) is 18.2. The fraction of sp³-hybridized carbons (Fsp3) is 0.421. The SMILES string of the molecule is O=C1CCC(N2Cc3cccc(CNc4nc(C5CNC5)ns4)c3C2=O)C(=O)N1. The number of hydrogen-bond donors (Lipinski definition) is 3. The summed E-state index contributed by atoms with van der Waals surface area (Å²) in [6.45, 7) is 2.65. The fourth-order valence-electron chi connectivity index (χ4n) is 3.95. The molecular weight excluding hydrogens is 392 g/mol. The van der Waals surface area contributed by atoms with Gasteiger partial charge in [-0.15, -0.1) is 0 Å². The smallest absolute Gasteiger partial charge is 0.255 e. The number of imide groups is 1. The van der Waals surface area contributed by atoms with E-state index in [4.69, 9.17) is 0 Å². The Hall–Kier alpha value is -2.85. The maximum Gasteiger partial charge on any atom is 0.255 e. The Labute approximate surface area is 171 Å². The van der Waals surface area contributed by atoms with Crippen molar-refractivity contribution in [1.82, 2.24) is 24.9 Å². The summed E-state index contributed by atoms with van der Waals surface area (Å²) >= 11 is 1.32. The molecule has 1 aromatic carbocycles. The van der Waals surface area contributed by atoms with Crippen LogP contribution >= 0.6 is 11.5 Å². The van der Waals surface area contributed by atoms with Crippen LogP contribution in [0.15, 0.2) is 18.2 Å². The zero-order valence-electron chi connectivity index (χ0n) is 15.6. The van der Waals surface area contributed by atoms with Gasteiger partial charge < -0.3 is 15.5 Å². The molecule has 3 aliphatic heterocycles. The van der Waals surface area contributed by atoms with E-state index in [-0.39, 0.29) is 18.2 Å². The van der Waals surface area contributed by atoms with Crippen molar-refractivity contribution in [3.8, 4) is 0 Å². The molecular formula is C19H20N6O3S. The summed E-state index contributed by atoms with van der Waals surface area (Å²) in [5, 5.41) is 9.55. The first-order chi connectivity index (χ1) is 14.1. The molecule has 2 fully saturated rings. The Morgan fingerprint density at radius 2 is 2.10 bits per heavy atom. The molecule has 0 aliphatic carbocycles. The highest BCUT2D eigenvalue weighted by Gasteiger charge is 2.39. The lowest BCUT2D eigenvalue weighted by Crippen LogP contribution is -2.52. The molecule has 29 heavy (non-hydrogen) atoms. The molecule has 3 aliphatic rings. The van der Waals surface area contributed by atoms with E-state index in [1.807, 2.05) is 18.2 Å². The zero-order valence-corrected chi connectivity index (χ0v) is 16.4. The molecule has 9 nitrogen and oxygen atoms in total. The predicted molar refractivity (Wildman–Crippen MR) is 105 cm³/mol. The van der Waals surface area contributed by atoms with Crippen LogP contribution in [0.4, 0.5) is 5.13 Å². The fourth-order valence-corrected chi connectivity index (χ4v) is 4.59. The average molecular weight is 412 g/mol. The van der Waals surface area contributed by atoms with Crippen molar-refractivity contribution in [3.05, 3.63) is 40.7 Å². The molecule has 5 rings (SSSR count). The van der Waals surface area contributed by atoms with E-state index in [0.29, 0.717) is 31.0 Å². The van der Waals surface area contributed by atoms with Gasteiger partial charge in [0, 0.05) is 55.6 Å². The maximum absolute atomic E-state index is 13.1. The molecule has 10 heteroatoms. The van der Waals surface area contributed by atoms with Crippen LogP contribution in [0.25, 0.3) is 0 Å². The quantitative estimate of drug-likeness (QED) is 0.616. The van der Waals surface area contributed by atoms with Gasteiger partial charge in [-0.3, -0.25) is 19.7 Å². The van der Waals surface area contributed by atoms with Crippen LogP contribution in [0, 0.1) is 0 Å². The van der Waals surface area contributed by atoms with E-state index in [9.17, 15) is 14.4 Å². The van der Waals surface area contributed by atoms with E-state index in [0.717, 1.165) is 35.2 Å². The summed E-state index contributed by atoms with van der Waals surface area (Å²) in [4.78, 5) is 42.8. The number of amides is 3. The largest absolute Gasteiger partial charge is 0.356 e. The minimum Gasteiger partial charge on any atom is -0.356 e. The highest BCUT2D eigenvalue weighted by atomic mass is 32.1. The molecule has 1 unspecified atom stereocenters. The minimum absolute atomic E-state index is 0.162. The molecule has 0 radical (unpaired) electrons. The van der Waals surface area contributed by atoms with Crippen LogP contribution in [0.5, 0.6) is 0 Å². The average Bonchev–Trinajstić information content (AvgIpc) is 3.24. The third kappa shape index (κ3) is 3.28. The van der Waals surface area contributed by atoms with Gasteiger partial charge in [0.1, 0.15) is 11.9 Å². The van der Waals surface area contributed by atoms with Crippen molar-refractivity contribution in [3.63, 3.8) is 0 Å². The standard InChI is InChI=1S/C19H20N6O3S/c26-14-5-4-13(17(27)22-14)25-9-11-3-1-2-10(15(11)18(25)28)8-21-19-23-16(24-29-19)12-6-20-7-12/h1-3,12-13,20H,4-9H2,(H,21,23,24)(H,22,26,27). The van der Waals surface area contributed by atoms with Gasteiger partial charge in [0.2, 0.25) is 16.9 Å². The molecule has 3 amide bonds. The number of anilines is 1. The van der Waals surface area contributed by atoms with Gasteiger partial charge in [0.25, 0.3) is 5.91 Å². The number of aromatic nitrogens is 2. The Bertz CT molecular complexity index is 1000. The van der Waals surface area contributed by atoms with Gasteiger partial charge in [-0.1, -0.05) is 18.2 Å². The lowest BCUT2D eigenvalue weighted by atomic mass is 10.0. The molecule has 150 valence electrons. The van der Waals surface area contributed by atoms with Gasteiger partial charge in [-0.05, 0) is 17.5 Å². The summed E-state index contributed by atoms with van der Waals surface area (Å²) in [6, 6.07) is 5.14. The highest BCUT2D eigenvalue weighted by Crippen LogP contribution is 2.30. The van der Waals surface area contributed by atoms with Gasteiger partial charge in [-0.2, -0.15) is 4.37 Å². The van der Waals surface area contributed by atoms with Gasteiger partial charge >= 0.3 is 0 Å². The summed E-state index contributed by atoms with van der Waals surface area (Å²) in [5.41, 5.74) is 2.40. The van der Waals surface area contributed by atoms with E-state index >= 15 is 0 Å². The second-order valence-electron chi connectivity index (χ2n) is 7.52. The van der Waals surface area contributed by atoms with Crippen LogP contribution in [0.3, 0.4) is 0 Å². The van der Waals surface area contributed by atoms with Crippen LogP contribution in [-0.4, -0.2) is 51.1 Å². The van der Waals surface area contributed by atoms with Crippen LogP contribution < -0.4 is 16.0 Å². The number of rotatable bonds is 5. The van der Waals surface area contributed by atoms with E-state index < -0.39 is 11.9 Å². The molecule has 1 aromatic heterocycles. The summed E-state index contributed by atoms with van der Waals surface area (Å²) in [5.74, 6) is 0.398. The predicted octanol–water partition coefficient (Wildman–Crippen LogP) is 0.598. The van der Waals surface area contributed by atoms with Gasteiger partial charge in [-0.25, -0.2) is 4.98 Å². The molecule has 0 bridgehead atoms. The first-order valence-corrected chi connectivity index (χ1v) is 10.4. The Balaban J connectivity index is 1.31. The number of carbonyl (C=O) groups excluding carboxylic acids is 3. The van der Waals surface area contributed by atoms with Crippen molar-refractivity contribution in [2.24, 2.45) is 0 Å². The molecule has 3 N–H and O–H groups in total. The monoisotopic (exact) mass is 412 g/mol. The van der Waals surface area contributed by atoms with E-state index in [1.54, 1.807) is 4.90 Å². The summed E-state index contributed by atoms with van der Waals surface area (Å²) in [6.07, 6.45) is 0.613. The van der Waals surface area contributed by atoms with Crippen LogP contribution in [0.1, 0.15) is 46.1 Å². The minimum atomic E-state index is -0.602. The Morgan fingerprint density at radius 3 is 2.86 bits per heavy atom. The van der Waals surface area contributed by atoms with Crippen molar-refractivity contribution >= 4 is 34.4 Å². The number of carbonyl (C=O) groups is 3. The summed E-state index contributed by atoms with van der Waals surface area (Å²) < 4.78 is 4.41. The third-order valence-corrected chi connectivity index (χ3v) is 6.34. The molecule has 4 heterocycles. The number of piperidine rings is 1. The van der Waals surface area contributed by atoms with Crippen molar-refractivity contribution in [2.75, 3.05) is 18.4 Å². The first-order valence-electron chi connectivity index (χ1n) is 9.64. The second kappa shape index (κ2) is 7.20. The topological polar surface area (TPSA) is 116 Å². The molecule has 0 saturated carbocycles. The molecule has 0 spiro atoms. The number of nitrogens with one attached hydrogen (secondary N) is 3. The van der Waals surface area contributed by atoms with E-state index in [1.165, 1.54) is 11.5 Å². The van der Waals surface area contributed by atoms with Crippen molar-refractivity contribution in [2.45, 2.75) is 37.9 Å². The molecule has 2 aromatic rings. The summed E-state index contributed by atoms with van der Waals surface area (Å²) in [7, 11) is 0. The third-order valence-electron chi connectivity index (χ3n) is 5.66. The molecule has 1 atom stereocenters. The van der Waals surface area contributed by atoms with E-state index in [2.05, 4.69) is 25.3 Å². The number of nitrogens with zero attached hydrogens (tertiary/aromatic N) is 3. The Morgan fingerprint density at radius 1 is 1.24 bits per heavy atom. The van der Waals surface area contributed by atoms with Crippen LogP contribution in [-0.2, 0) is 22.7 Å². The van der Waals surface area contributed by atoms with Gasteiger partial charge in [0.15, 0.2) is 0 Å². The number of fused-ring (bicyclic) bond motifs is 1. The second-order valence-corrected chi connectivity index (χ2v) is 8.27. The van der Waals surface area contributed by atoms with Crippen LogP contribution in [0.2, 0.25) is 0 Å².